The highest BCUT2D eigenvalue weighted by atomic mass is 16.5. The van der Waals surface area contributed by atoms with Crippen LogP contribution >= 0.6 is 0 Å². The normalized spacial score (nSPS) is 16.8. The lowest BCUT2D eigenvalue weighted by Gasteiger charge is -2.35. The van der Waals surface area contributed by atoms with E-state index in [1.54, 1.807) is 0 Å². The quantitative estimate of drug-likeness (QED) is 0.792. The molecular formula is C19H30N2O3. The molecular weight excluding hydrogens is 304 g/mol. The van der Waals surface area contributed by atoms with Gasteiger partial charge in [0.25, 0.3) is 5.91 Å². The van der Waals surface area contributed by atoms with Gasteiger partial charge in [-0.25, -0.2) is 0 Å². The van der Waals surface area contributed by atoms with Gasteiger partial charge in [0.2, 0.25) is 0 Å². The van der Waals surface area contributed by atoms with E-state index in [0.29, 0.717) is 18.5 Å². The lowest BCUT2D eigenvalue weighted by atomic mass is 10.0. The van der Waals surface area contributed by atoms with Crippen molar-refractivity contribution in [3.05, 3.63) is 29.8 Å². The van der Waals surface area contributed by atoms with Crippen LogP contribution in [-0.2, 0) is 9.53 Å². The summed E-state index contributed by atoms with van der Waals surface area (Å²) in [7, 11) is 0. The number of amides is 1. The molecule has 1 heterocycles. The van der Waals surface area contributed by atoms with Crippen molar-refractivity contribution < 1.29 is 14.3 Å². The van der Waals surface area contributed by atoms with Crippen LogP contribution in [0, 0.1) is 12.8 Å². The molecule has 0 bridgehead atoms. The second-order valence-corrected chi connectivity index (χ2v) is 6.84. The van der Waals surface area contributed by atoms with E-state index in [2.05, 4.69) is 24.1 Å². The van der Waals surface area contributed by atoms with E-state index in [9.17, 15) is 4.79 Å². The number of hydrogen-bond donors (Lipinski definition) is 1. The van der Waals surface area contributed by atoms with Crippen molar-refractivity contribution >= 4 is 5.91 Å². The number of carbonyl (C=O) groups excluding carboxylic acids is 1. The van der Waals surface area contributed by atoms with E-state index in [1.807, 2.05) is 31.2 Å². The van der Waals surface area contributed by atoms with Crippen LogP contribution in [0.2, 0.25) is 0 Å². The third-order valence-corrected chi connectivity index (χ3v) is 4.23. The minimum atomic E-state index is -0.0717. The largest absolute Gasteiger partial charge is 0.484 e. The Morgan fingerprint density at radius 1 is 1.25 bits per heavy atom. The van der Waals surface area contributed by atoms with Crippen LogP contribution in [0.25, 0.3) is 0 Å². The molecule has 0 spiro atoms. The van der Waals surface area contributed by atoms with E-state index in [0.717, 1.165) is 38.5 Å². The second kappa shape index (κ2) is 9.64. The first-order valence-electron chi connectivity index (χ1n) is 8.82. The fraction of sp³-hybridized carbons (Fsp3) is 0.632. The maximum absolute atomic E-state index is 12.1. The predicted molar refractivity (Wildman–Crippen MR) is 95.3 cm³/mol. The van der Waals surface area contributed by atoms with Gasteiger partial charge in [0, 0.05) is 25.7 Å². The summed E-state index contributed by atoms with van der Waals surface area (Å²) >= 11 is 0. The first kappa shape index (κ1) is 18.7. The van der Waals surface area contributed by atoms with E-state index < -0.39 is 0 Å². The number of nitrogens with one attached hydrogen (secondary N) is 1. The van der Waals surface area contributed by atoms with Crippen LogP contribution in [0.5, 0.6) is 5.75 Å². The lowest BCUT2D eigenvalue weighted by molar-refractivity contribution is -0.123. The van der Waals surface area contributed by atoms with Gasteiger partial charge >= 0.3 is 0 Å². The molecule has 1 amide bonds. The summed E-state index contributed by atoms with van der Waals surface area (Å²) in [5.41, 5.74) is 1.17. The smallest absolute Gasteiger partial charge is 0.257 e. The molecule has 5 heteroatoms. The van der Waals surface area contributed by atoms with Crippen LogP contribution in [0.4, 0.5) is 0 Å². The zero-order valence-corrected chi connectivity index (χ0v) is 15.1. The number of morpholine rings is 1. The highest BCUT2D eigenvalue weighted by Gasteiger charge is 2.22. The summed E-state index contributed by atoms with van der Waals surface area (Å²) < 4.78 is 11.0. The first-order chi connectivity index (χ1) is 11.5. The molecule has 24 heavy (non-hydrogen) atoms. The number of nitrogens with zero attached hydrogens (tertiary/aromatic N) is 1. The van der Waals surface area contributed by atoms with Gasteiger partial charge in [-0.05, 0) is 31.4 Å². The molecule has 1 aromatic rings. The van der Waals surface area contributed by atoms with Crippen molar-refractivity contribution in [2.24, 2.45) is 5.92 Å². The molecule has 134 valence electrons. The monoisotopic (exact) mass is 334 g/mol. The minimum absolute atomic E-state index is 0.0561. The zero-order valence-electron chi connectivity index (χ0n) is 15.1. The maximum Gasteiger partial charge on any atom is 0.257 e. The van der Waals surface area contributed by atoms with Gasteiger partial charge in [0.1, 0.15) is 5.75 Å². The van der Waals surface area contributed by atoms with E-state index >= 15 is 0 Å². The fourth-order valence-corrected chi connectivity index (χ4v) is 2.91. The van der Waals surface area contributed by atoms with Crippen LogP contribution in [0.1, 0.15) is 25.8 Å². The van der Waals surface area contributed by atoms with Crippen molar-refractivity contribution in [3.8, 4) is 5.75 Å². The Hall–Kier alpha value is -1.59. The summed E-state index contributed by atoms with van der Waals surface area (Å²) in [6, 6.07) is 8.09. The Balaban J connectivity index is 1.77. The van der Waals surface area contributed by atoms with Gasteiger partial charge in [-0.15, -0.1) is 0 Å². The Morgan fingerprint density at radius 3 is 2.54 bits per heavy atom. The van der Waals surface area contributed by atoms with Crippen LogP contribution < -0.4 is 10.1 Å². The molecule has 1 fully saturated rings. The van der Waals surface area contributed by atoms with Crippen LogP contribution in [0.3, 0.4) is 0 Å². The number of rotatable bonds is 8. The average Bonchev–Trinajstić information content (AvgIpc) is 2.58. The molecule has 0 saturated carbocycles. The van der Waals surface area contributed by atoms with Crippen molar-refractivity contribution in [3.63, 3.8) is 0 Å². The summed E-state index contributed by atoms with van der Waals surface area (Å²) in [6.45, 7) is 10.6. The molecule has 1 aliphatic heterocycles. The molecule has 0 aromatic heterocycles. The molecule has 1 N–H and O–H groups in total. The number of hydrogen-bond acceptors (Lipinski definition) is 4. The Labute approximate surface area is 145 Å². The molecule has 0 aliphatic carbocycles. The van der Waals surface area contributed by atoms with Gasteiger partial charge in [-0.2, -0.15) is 0 Å². The van der Waals surface area contributed by atoms with E-state index in [-0.39, 0.29) is 12.5 Å². The van der Waals surface area contributed by atoms with Gasteiger partial charge in [-0.1, -0.05) is 31.5 Å². The highest BCUT2D eigenvalue weighted by Crippen LogP contribution is 2.13. The van der Waals surface area contributed by atoms with Crippen molar-refractivity contribution in [1.82, 2.24) is 10.2 Å². The number of aryl methyl sites for hydroxylation is 1. The van der Waals surface area contributed by atoms with Gasteiger partial charge in [0.05, 0.1) is 13.2 Å². The summed E-state index contributed by atoms with van der Waals surface area (Å²) in [5.74, 6) is 1.25. The van der Waals surface area contributed by atoms with Crippen molar-refractivity contribution in [2.45, 2.75) is 33.2 Å². The topological polar surface area (TPSA) is 50.8 Å². The fourth-order valence-electron chi connectivity index (χ4n) is 2.91. The molecule has 1 atom stereocenters. The molecule has 2 rings (SSSR count). The Morgan fingerprint density at radius 2 is 1.92 bits per heavy atom. The minimum Gasteiger partial charge on any atom is -0.484 e. The van der Waals surface area contributed by atoms with Gasteiger partial charge in [0.15, 0.2) is 6.61 Å². The highest BCUT2D eigenvalue weighted by molar-refractivity contribution is 5.77. The number of benzene rings is 1. The molecule has 0 radical (unpaired) electrons. The molecule has 1 saturated heterocycles. The Bertz CT molecular complexity index is 496. The molecule has 1 aliphatic rings. The number of carbonyl (C=O) groups is 1. The van der Waals surface area contributed by atoms with Crippen molar-refractivity contribution in [1.29, 1.82) is 0 Å². The standard InChI is InChI=1S/C19H30N2O3/c1-15(2)12-17(21-8-10-23-11-9-21)13-20-19(22)14-24-18-6-4-16(3)5-7-18/h4-7,15,17H,8-14H2,1-3H3,(H,20,22). The van der Waals surface area contributed by atoms with Crippen LogP contribution in [-0.4, -0.2) is 56.3 Å². The summed E-state index contributed by atoms with van der Waals surface area (Å²) in [6.07, 6.45) is 1.07. The average molecular weight is 334 g/mol. The molecule has 1 unspecified atom stereocenters. The van der Waals surface area contributed by atoms with Gasteiger partial charge in [-0.3, -0.25) is 9.69 Å². The molecule has 5 nitrogen and oxygen atoms in total. The third kappa shape index (κ3) is 6.49. The number of ether oxygens (including phenoxy) is 2. The molecule has 1 aromatic carbocycles. The predicted octanol–water partition coefficient (Wildman–Crippen LogP) is 2.24. The SMILES string of the molecule is Cc1ccc(OCC(=O)NCC(CC(C)C)N2CCOCC2)cc1. The van der Waals surface area contributed by atoms with E-state index in [1.165, 1.54) is 5.56 Å². The zero-order chi connectivity index (χ0) is 17.4. The lowest BCUT2D eigenvalue weighted by Crippen LogP contribution is -2.49. The van der Waals surface area contributed by atoms with Crippen LogP contribution in [0.15, 0.2) is 24.3 Å². The Kier molecular flexibility index (Phi) is 7.53. The third-order valence-electron chi connectivity index (χ3n) is 4.23. The summed E-state index contributed by atoms with van der Waals surface area (Å²) in [4.78, 5) is 14.5. The first-order valence-corrected chi connectivity index (χ1v) is 8.82. The maximum atomic E-state index is 12.1. The summed E-state index contributed by atoms with van der Waals surface area (Å²) in [5, 5.41) is 3.02. The second-order valence-electron chi connectivity index (χ2n) is 6.84. The van der Waals surface area contributed by atoms with Gasteiger partial charge < -0.3 is 14.8 Å². The van der Waals surface area contributed by atoms with E-state index in [4.69, 9.17) is 9.47 Å². The van der Waals surface area contributed by atoms with Crippen molar-refractivity contribution in [2.75, 3.05) is 39.5 Å².